The highest BCUT2D eigenvalue weighted by atomic mass is 16.4. The van der Waals surface area contributed by atoms with Gasteiger partial charge in [-0.2, -0.15) is 5.10 Å². The van der Waals surface area contributed by atoms with Crippen molar-refractivity contribution in [2.75, 3.05) is 13.1 Å². The third-order valence-electron chi connectivity index (χ3n) is 4.48. The van der Waals surface area contributed by atoms with Gasteiger partial charge in [0.2, 0.25) is 5.91 Å². The average Bonchev–Trinajstić information content (AvgIpc) is 3.26. The minimum Gasteiger partial charge on any atom is -0.480 e. The summed E-state index contributed by atoms with van der Waals surface area (Å²) in [6.45, 7) is 1.84. The van der Waals surface area contributed by atoms with Crippen LogP contribution in [0.5, 0.6) is 0 Å². The molecule has 1 aliphatic rings. The van der Waals surface area contributed by atoms with Crippen molar-refractivity contribution < 1.29 is 14.7 Å². The van der Waals surface area contributed by atoms with Crippen LogP contribution in [0.2, 0.25) is 0 Å². The van der Waals surface area contributed by atoms with E-state index >= 15 is 0 Å². The Balaban J connectivity index is 1.56. The van der Waals surface area contributed by atoms with E-state index in [0.717, 1.165) is 17.5 Å². The van der Waals surface area contributed by atoms with E-state index in [2.05, 4.69) is 10.4 Å². The molecule has 132 valence electrons. The number of benzene rings is 1. The van der Waals surface area contributed by atoms with Crippen molar-refractivity contribution in [3.8, 4) is 0 Å². The highest BCUT2D eigenvalue weighted by molar-refractivity contribution is 5.80. The number of hydrogen-bond acceptors (Lipinski definition) is 4. The van der Waals surface area contributed by atoms with Gasteiger partial charge in [-0.1, -0.05) is 24.3 Å². The van der Waals surface area contributed by atoms with Crippen LogP contribution >= 0.6 is 0 Å². The van der Waals surface area contributed by atoms with E-state index in [0.29, 0.717) is 26.1 Å². The lowest BCUT2D eigenvalue weighted by molar-refractivity contribution is -0.142. The minimum atomic E-state index is -0.852. The molecule has 0 radical (unpaired) electrons. The largest absolute Gasteiger partial charge is 0.480 e. The van der Waals surface area contributed by atoms with Crippen molar-refractivity contribution >= 4 is 11.9 Å². The lowest BCUT2D eigenvalue weighted by Gasteiger charge is -2.20. The SMILES string of the molecule is O=C(CN1CCC[C@@H]1C(=O)O)NCc1ccccc1Cn1cccn1. The van der Waals surface area contributed by atoms with Crippen molar-refractivity contribution in [1.82, 2.24) is 20.0 Å². The maximum Gasteiger partial charge on any atom is 0.320 e. The summed E-state index contributed by atoms with van der Waals surface area (Å²) < 4.78 is 1.84. The van der Waals surface area contributed by atoms with Crippen molar-refractivity contribution in [3.63, 3.8) is 0 Å². The van der Waals surface area contributed by atoms with E-state index in [1.165, 1.54) is 0 Å². The Bertz CT molecular complexity index is 730. The van der Waals surface area contributed by atoms with Gasteiger partial charge in [0.25, 0.3) is 0 Å². The molecule has 0 bridgehead atoms. The molecule has 1 saturated heterocycles. The molecule has 7 heteroatoms. The molecule has 2 heterocycles. The molecule has 3 rings (SSSR count). The number of carboxylic acid groups (broad SMARTS) is 1. The first-order valence-corrected chi connectivity index (χ1v) is 8.41. The monoisotopic (exact) mass is 342 g/mol. The first kappa shape index (κ1) is 17.2. The third-order valence-corrected chi connectivity index (χ3v) is 4.48. The predicted octanol–water partition coefficient (Wildman–Crippen LogP) is 1.10. The number of nitrogens with one attached hydrogen (secondary N) is 1. The van der Waals surface area contributed by atoms with Crippen molar-refractivity contribution in [2.45, 2.75) is 32.0 Å². The molecule has 0 unspecified atom stereocenters. The van der Waals surface area contributed by atoms with Gasteiger partial charge >= 0.3 is 5.97 Å². The van der Waals surface area contributed by atoms with Crippen LogP contribution in [0.15, 0.2) is 42.7 Å². The van der Waals surface area contributed by atoms with Gasteiger partial charge in [0.05, 0.1) is 13.1 Å². The molecule has 1 amide bonds. The van der Waals surface area contributed by atoms with Crippen LogP contribution in [-0.4, -0.2) is 50.8 Å². The van der Waals surface area contributed by atoms with Crippen LogP contribution in [0.1, 0.15) is 24.0 Å². The molecule has 0 spiro atoms. The van der Waals surface area contributed by atoms with Gasteiger partial charge in [0, 0.05) is 18.9 Å². The number of rotatable bonds is 7. The van der Waals surface area contributed by atoms with E-state index in [9.17, 15) is 14.7 Å². The van der Waals surface area contributed by atoms with Gasteiger partial charge in [-0.05, 0) is 36.6 Å². The van der Waals surface area contributed by atoms with Gasteiger partial charge < -0.3 is 10.4 Å². The molecule has 1 aromatic heterocycles. The molecule has 1 fully saturated rings. The van der Waals surface area contributed by atoms with Crippen LogP contribution in [0.3, 0.4) is 0 Å². The Morgan fingerprint density at radius 1 is 1.24 bits per heavy atom. The molecule has 7 nitrogen and oxygen atoms in total. The normalized spacial score (nSPS) is 17.5. The average molecular weight is 342 g/mol. The molecular weight excluding hydrogens is 320 g/mol. The summed E-state index contributed by atoms with van der Waals surface area (Å²) in [5, 5.41) is 16.3. The quantitative estimate of drug-likeness (QED) is 0.787. The van der Waals surface area contributed by atoms with Gasteiger partial charge in [0.1, 0.15) is 6.04 Å². The fourth-order valence-corrected chi connectivity index (χ4v) is 3.18. The van der Waals surface area contributed by atoms with Crippen molar-refractivity contribution in [2.24, 2.45) is 0 Å². The van der Waals surface area contributed by atoms with Gasteiger partial charge in [0.15, 0.2) is 0 Å². The number of hydrogen-bond donors (Lipinski definition) is 2. The third kappa shape index (κ3) is 4.45. The zero-order chi connectivity index (χ0) is 17.6. The number of aliphatic carboxylic acids is 1. The number of carbonyl (C=O) groups excluding carboxylic acids is 1. The Morgan fingerprint density at radius 2 is 2.04 bits per heavy atom. The molecule has 25 heavy (non-hydrogen) atoms. The summed E-state index contributed by atoms with van der Waals surface area (Å²) in [4.78, 5) is 25.1. The topological polar surface area (TPSA) is 87.5 Å². The van der Waals surface area contributed by atoms with Crippen LogP contribution in [0.4, 0.5) is 0 Å². The molecular formula is C18H22N4O3. The van der Waals surface area contributed by atoms with E-state index in [1.807, 2.05) is 41.2 Å². The first-order chi connectivity index (χ1) is 12.1. The van der Waals surface area contributed by atoms with Crippen LogP contribution < -0.4 is 5.32 Å². The zero-order valence-electron chi connectivity index (χ0n) is 14.0. The molecule has 1 aliphatic heterocycles. The number of likely N-dealkylation sites (tertiary alicyclic amines) is 1. The van der Waals surface area contributed by atoms with E-state index in [4.69, 9.17) is 0 Å². The summed E-state index contributed by atoms with van der Waals surface area (Å²) in [7, 11) is 0. The zero-order valence-corrected chi connectivity index (χ0v) is 14.0. The molecule has 2 N–H and O–H groups in total. The summed E-state index contributed by atoms with van der Waals surface area (Å²) in [5.41, 5.74) is 2.12. The molecule has 2 aromatic rings. The molecule has 1 aromatic carbocycles. The lowest BCUT2D eigenvalue weighted by Crippen LogP contribution is -2.42. The van der Waals surface area contributed by atoms with Crippen LogP contribution in [0.25, 0.3) is 0 Å². The number of nitrogens with zero attached hydrogens (tertiary/aromatic N) is 3. The summed E-state index contributed by atoms with van der Waals surface area (Å²) >= 11 is 0. The van der Waals surface area contributed by atoms with Gasteiger partial charge in [-0.25, -0.2) is 0 Å². The highest BCUT2D eigenvalue weighted by Crippen LogP contribution is 2.16. The summed E-state index contributed by atoms with van der Waals surface area (Å²) in [5.74, 6) is -1.00. The molecule has 0 saturated carbocycles. The first-order valence-electron chi connectivity index (χ1n) is 8.41. The van der Waals surface area contributed by atoms with Gasteiger partial charge in [-0.15, -0.1) is 0 Å². The molecule has 0 aliphatic carbocycles. The summed E-state index contributed by atoms with van der Waals surface area (Å²) in [6.07, 6.45) is 5.06. The number of amides is 1. The van der Waals surface area contributed by atoms with Crippen molar-refractivity contribution in [3.05, 3.63) is 53.9 Å². The second kappa shape index (κ2) is 7.94. The highest BCUT2D eigenvalue weighted by Gasteiger charge is 2.31. The fraction of sp³-hybridized carbons (Fsp3) is 0.389. The molecule has 1 atom stereocenters. The van der Waals surface area contributed by atoms with Crippen molar-refractivity contribution in [1.29, 1.82) is 0 Å². The Labute approximate surface area is 146 Å². The second-order valence-electron chi connectivity index (χ2n) is 6.22. The standard InChI is InChI=1S/C18H22N4O3/c23-17(13-21-9-3-7-16(21)18(24)25)19-11-14-5-1-2-6-15(14)12-22-10-4-8-20-22/h1-2,4-6,8,10,16H,3,7,9,11-13H2,(H,19,23)(H,24,25)/t16-/m1/s1. The van der Waals surface area contributed by atoms with Gasteiger partial charge in [-0.3, -0.25) is 19.2 Å². The van der Waals surface area contributed by atoms with E-state index in [-0.39, 0.29) is 12.5 Å². The smallest absolute Gasteiger partial charge is 0.320 e. The predicted molar refractivity (Wildman–Crippen MR) is 91.8 cm³/mol. The van der Waals surface area contributed by atoms with Crippen LogP contribution in [-0.2, 0) is 22.7 Å². The number of carboxylic acids is 1. The maximum atomic E-state index is 12.2. The lowest BCUT2D eigenvalue weighted by atomic mass is 10.1. The second-order valence-corrected chi connectivity index (χ2v) is 6.22. The van der Waals surface area contributed by atoms with E-state index < -0.39 is 12.0 Å². The van der Waals surface area contributed by atoms with Crippen LogP contribution in [0, 0.1) is 0 Å². The summed E-state index contributed by atoms with van der Waals surface area (Å²) in [6, 6.07) is 9.23. The Hall–Kier alpha value is -2.67. The minimum absolute atomic E-state index is 0.123. The Morgan fingerprint density at radius 3 is 2.76 bits per heavy atom. The van der Waals surface area contributed by atoms with E-state index in [1.54, 1.807) is 11.1 Å². The fourth-order valence-electron chi connectivity index (χ4n) is 3.18. The Kier molecular flexibility index (Phi) is 5.45. The maximum absolute atomic E-state index is 12.2. The number of carbonyl (C=O) groups is 2. The number of aromatic nitrogens is 2.